The average Bonchev–Trinajstić information content (AvgIpc) is 3.68. The summed E-state index contributed by atoms with van der Waals surface area (Å²) in [6.45, 7) is 2.09. The molecule has 2 aromatic rings. The van der Waals surface area contributed by atoms with Crippen molar-refractivity contribution >= 4 is 5.91 Å². The number of carbonyl (C=O) groups excluding carboxylic acids is 1. The van der Waals surface area contributed by atoms with Crippen molar-refractivity contribution in [1.29, 1.82) is 0 Å². The van der Waals surface area contributed by atoms with Gasteiger partial charge in [-0.15, -0.1) is 0 Å². The molecule has 4 nitrogen and oxygen atoms in total. The molecule has 2 heterocycles. The third-order valence-corrected chi connectivity index (χ3v) is 12.8. The second-order valence-electron chi connectivity index (χ2n) is 10.6. The molecule has 38 heavy (non-hydrogen) atoms. The predicted octanol–water partition coefficient (Wildman–Crippen LogP) is 2.97. The molecule has 2 aromatic carbocycles. The van der Waals surface area contributed by atoms with Gasteiger partial charge in [0.15, 0.2) is 0 Å². The summed E-state index contributed by atoms with van der Waals surface area (Å²) in [6, 6.07) is 11.2. The van der Waals surface area contributed by atoms with Crippen LogP contribution in [0.15, 0.2) is 48.5 Å². The monoisotopic (exact) mass is 654 g/mol. The van der Waals surface area contributed by atoms with Crippen LogP contribution >= 0.6 is 0 Å². The van der Waals surface area contributed by atoms with Gasteiger partial charge in [-0.2, -0.15) is 26.3 Å². The van der Waals surface area contributed by atoms with E-state index >= 15 is 0 Å². The van der Waals surface area contributed by atoms with E-state index in [2.05, 4.69) is 5.32 Å². The number of piperidine rings is 1. The molecule has 1 spiro atoms. The molecule has 1 N–H and O–H groups in total. The summed E-state index contributed by atoms with van der Waals surface area (Å²) >= 11 is -0.289. The van der Waals surface area contributed by atoms with Crippen LogP contribution in [0.3, 0.4) is 0 Å². The Hall–Kier alpha value is -1.70. The fourth-order valence-electron chi connectivity index (χ4n) is 5.53. The molecule has 3 fully saturated rings. The average molecular weight is 654 g/mol. The summed E-state index contributed by atoms with van der Waals surface area (Å²) in [5, 5.41) is 3.58. The van der Waals surface area contributed by atoms with E-state index in [9.17, 15) is 31.1 Å². The van der Waals surface area contributed by atoms with Crippen LogP contribution in [-0.2, 0) is 27.4 Å². The molecule has 0 radical (unpaired) electrons. The molecular weight excluding hydrogens is 625 g/mol. The first kappa shape index (κ1) is 27.9. The van der Waals surface area contributed by atoms with Crippen molar-refractivity contribution in [3.05, 3.63) is 70.8 Å². The fourth-order valence-corrected chi connectivity index (χ4v) is 10.1. The molecule has 3 aliphatic rings. The Labute approximate surface area is 227 Å². The summed E-state index contributed by atoms with van der Waals surface area (Å²) in [6.07, 6.45) is -7.44. The number of amides is 1. The number of nitrogens with one attached hydrogen (secondary N) is 1. The van der Waals surface area contributed by atoms with Crippen molar-refractivity contribution < 1.29 is 60.0 Å². The number of alkyl halides is 7. The molecule has 1 saturated carbocycles. The van der Waals surface area contributed by atoms with E-state index in [1.807, 2.05) is 37.4 Å². The predicted molar refractivity (Wildman–Crippen MR) is 123 cm³/mol. The van der Waals surface area contributed by atoms with E-state index in [0.29, 0.717) is 21.6 Å². The Kier molecular flexibility index (Phi) is 6.92. The molecule has 208 valence electrons. The molecule has 2 unspecified atom stereocenters. The van der Waals surface area contributed by atoms with Crippen molar-refractivity contribution in [3.8, 4) is 0 Å². The number of hydrogen-bond donors (Lipinski definition) is 1. The first-order valence-corrected chi connectivity index (χ1v) is 14.5. The third kappa shape index (κ3) is 4.99. The quantitative estimate of drug-likeness (QED) is 0.226. The molecule has 2 saturated heterocycles. The number of rotatable bonds is 6. The zero-order chi connectivity index (χ0) is 27.6. The number of carbonyl (C=O) groups is 1. The van der Waals surface area contributed by atoms with Gasteiger partial charge in [0.25, 0.3) is 0 Å². The summed E-state index contributed by atoms with van der Waals surface area (Å²) in [5.74, 6) is 0.346. The summed E-state index contributed by atoms with van der Waals surface area (Å²) in [5.41, 5.74) is -2.66. The number of ether oxygens (including phenoxy) is 1. The Bertz CT molecular complexity index is 1170. The zero-order valence-electron chi connectivity index (χ0n) is 20.9. The molecule has 1 amide bonds. The normalized spacial score (nSPS) is 29.9. The number of hydrogen-bond acceptors (Lipinski definition) is 3. The third-order valence-electron chi connectivity index (χ3n) is 8.06. The maximum absolute atomic E-state index is 13.4. The number of quaternary nitrogens is 1. The second-order valence-corrected chi connectivity index (χ2v) is 15.2. The molecule has 0 bridgehead atoms. The van der Waals surface area contributed by atoms with Gasteiger partial charge in [-0.05, 0) is 0 Å². The van der Waals surface area contributed by atoms with Gasteiger partial charge in [0.05, 0.1) is 0 Å². The van der Waals surface area contributed by atoms with Gasteiger partial charge in [-0.1, -0.05) is 0 Å². The minimum absolute atomic E-state index is 0.000356. The molecule has 5 rings (SSSR count). The molecule has 2 aliphatic heterocycles. The SMILES string of the molecule is C[C@@H](OC[C@@]1(c2ccccc2)CCC([N+]2(C)[I-]C3(CC3)C2=O)CN1)c1cc(C(F)(F)F)cc(C(F)(F)F)c1. The van der Waals surface area contributed by atoms with Crippen molar-refractivity contribution in [2.24, 2.45) is 0 Å². The zero-order valence-corrected chi connectivity index (χ0v) is 23.1. The Morgan fingerprint density at radius 3 is 2.11 bits per heavy atom. The van der Waals surface area contributed by atoms with E-state index in [1.165, 1.54) is 6.92 Å². The van der Waals surface area contributed by atoms with E-state index in [4.69, 9.17) is 4.74 Å². The Balaban J connectivity index is 1.35. The molecule has 0 aromatic heterocycles. The van der Waals surface area contributed by atoms with E-state index in [0.717, 1.165) is 37.0 Å². The van der Waals surface area contributed by atoms with Gasteiger partial charge >= 0.3 is 202 Å². The molecular formula is C27H29F6IN2O2. The number of nitrogens with zero attached hydrogens (tertiary/aromatic N) is 1. The molecule has 1 aliphatic carbocycles. The standard InChI is InChI=1S/C27H29F6IN2O2/c1-17(18-12-20(26(28,29)30)14-21(13-18)27(31,32)33)38-16-25(19-6-4-3-5-7-19)9-8-22(15-35-25)36(2)23(37)24(34-36)10-11-24/h3-7,12-14,17,22,35H,8-11,15-16H2,1-2H3/t17-,22?,25-,36?/m1/s1. The van der Waals surface area contributed by atoms with Crippen LogP contribution in [0.2, 0.25) is 0 Å². The van der Waals surface area contributed by atoms with Crippen molar-refractivity contribution in [1.82, 2.24) is 5.32 Å². The molecule has 4 atom stereocenters. The fraction of sp³-hybridized carbons (Fsp3) is 0.519. The van der Waals surface area contributed by atoms with Crippen LogP contribution < -0.4 is 26.8 Å². The second kappa shape index (κ2) is 9.45. The van der Waals surface area contributed by atoms with Crippen molar-refractivity contribution in [2.45, 2.75) is 66.1 Å². The van der Waals surface area contributed by atoms with Crippen LogP contribution in [0.25, 0.3) is 0 Å². The van der Waals surface area contributed by atoms with Gasteiger partial charge in [0.1, 0.15) is 0 Å². The topological polar surface area (TPSA) is 38.3 Å². The minimum atomic E-state index is -4.92. The van der Waals surface area contributed by atoms with Crippen LogP contribution in [0.5, 0.6) is 0 Å². The summed E-state index contributed by atoms with van der Waals surface area (Å²) in [7, 11) is 2.03. The van der Waals surface area contributed by atoms with Crippen molar-refractivity contribution in [2.75, 3.05) is 20.2 Å². The first-order chi connectivity index (χ1) is 17.7. The summed E-state index contributed by atoms with van der Waals surface area (Å²) in [4.78, 5) is 13.0. The molecule has 11 heteroatoms. The van der Waals surface area contributed by atoms with Gasteiger partial charge in [0.2, 0.25) is 0 Å². The number of likely N-dealkylation sites (N-methyl/N-ethyl adjacent to an activating group) is 1. The van der Waals surface area contributed by atoms with Gasteiger partial charge < -0.3 is 0 Å². The van der Waals surface area contributed by atoms with Crippen LogP contribution in [0.1, 0.15) is 61.0 Å². The Morgan fingerprint density at radius 2 is 1.63 bits per heavy atom. The van der Waals surface area contributed by atoms with Crippen LogP contribution in [0, 0.1) is 0 Å². The first-order valence-electron chi connectivity index (χ1n) is 12.5. The van der Waals surface area contributed by atoms with E-state index in [-0.39, 0.29) is 49.2 Å². The van der Waals surface area contributed by atoms with E-state index in [1.54, 1.807) is 0 Å². The van der Waals surface area contributed by atoms with Crippen LogP contribution in [0.4, 0.5) is 26.3 Å². The van der Waals surface area contributed by atoms with Gasteiger partial charge in [-0.25, -0.2) is 0 Å². The maximum atomic E-state index is 13.4. The number of halogens is 7. The van der Waals surface area contributed by atoms with Gasteiger partial charge in [-0.3, -0.25) is 0 Å². The Morgan fingerprint density at radius 1 is 1.03 bits per heavy atom. The number of benzene rings is 2. The van der Waals surface area contributed by atoms with Gasteiger partial charge in [0, 0.05) is 0 Å². The summed E-state index contributed by atoms with van der Waals surface area (Å²) < 4.78 is 86.7. The van der Waals surface area contributed by atoms with Crippen LogP contribution in [-0.4, -0.2) is 38.3 Å². The van der Waals surface area contributed by atoms with E-state index < -0.39 is 35.1 Å². The van der Waals surface area contributed by atoms with Crippen molar-refractivity contribution in [3.63, 3.8) is 0 Å².